The van der Waals surface area contributed by atoms with Crippen molar-refractivity contribution >= 4 is 22.0 Å². The first kappa shape index (κ1) is 23.5. The van der Waals surface area contributed by atoms with E-state index in [2.05, 4.69) is 10.0 Å². The second kappa shape index (κ2) is 10.4. The Morgan fingerprint density at radius 1 is 1.16 bits per heavy atom. The maximum absolute atomic E-state index is 12.7. The van der Waals surface area contributed by atoms with Crippen LogP contribution in [0.5, 0.6) is 0 Å². The molecule has 2 N–H and O–H groups in total. The third-order valence-electron chi connectivity index (χ3n) is 5.69. The van der Waals surface area contributed by atoms with Crippen LogP contribution in [-0.4, -0.2) is 87.4 Å². The molecule has 9 nitrogen and oxygen atoms in total. The zero-order valence-electron chi connectivity index (χ0n) is 18.1. The number of nitrogens with one attached hydrogen (secondary N) is 2. The van der Waals surface area contributed by atoms with E-state index in [9.17, 15) is 18.0 Å². The number of hydrogen-bond donors (Lipinski definition) is 2. The van der Waals surface area contributed by atoms with Gasteiger partial charge in [0.1, 0.15) is 0 Å². The number of carbonyl (C=O) groups is 2. The van der Waals surface area contributed by atoms with Gasteiger partial charge in [-0.3, -0.25) is 4.79 Å². The van der Waals surface area contributed by atoms with E-state index in [0.29, 0.717) is 51.0 Å². The first-order valence-corrected chi connectivity index (χ1v) is 12.7. The quantitative estimate of drug-likeness (QED) is 0.642. The fourth-order valence-electron chi connectivity index (χ4n) is 4.23. The second-order valence-corrected chi connectivity index (χ2v) is 9.88. The standard InChI is InChI=1S/C21H32N4O5S/c1-3-22-21(27)25-12-7-10-18(23-31(2,28)29)19(25)15-30-17-11-13-24(14-17)20(26)16-8-5-4-6-9-16/h4-6,8-9,17-19,23H,3,7,10-15H2,1-2H3,(H,22,27)/t17-,18-,19-/m0/s1. The topological polar surface area (TPSA) is 108 Å². The minimum absolute atomic E-state index is 0.0232. The van der Waals surface area contributed by atoms with Gasteiger partial charge >= 0.3 is 6.03 Å². The van der Waals surface area contributed by atoms with Crippen LogP contribution in [0.1, 0.15) is 36.5 Å². The summed E-state index contributed by atoms with van der Waals surface area (Å²) in [6, 6.07) is 8.11. The van der Waals surface area contributed by atoms with Crippen LogP contribution in [0, 0.1) is 0 Å². The predicted molar refractivity (Wildman–Crippen MR) is 117 cm³/mol. The van der Waals surface area contributed by atoms with Crippen molar-refractivity contribution in [3.63, 3.8) is 0 Å². The van der Waals surface area contributed by atoms with Crippen molar-refractivity contribution in [2.75, 3.05) is 39.0 Å². The molecular weight excluding hydrogens is 420 g/mol. The van der Waals surface area contributed by atoms with Gasteiger partial charge in [0.05, 0.1) is 25.0 Å². The fraction of sp³-hybridized carbons (Fsp3) is 0.619. The molecule has 2 saturated heterocycles. The molecular formula is C21H32N4O5S. The van der Waals surface area contributed by atoms with E-state index in [1.54, 1.807) is 21.9 Å². The first-order valence-electron chi connectivity index (χ1n) is 10.8. The summed E-state index contributed by atoms with van der Waals surface area (Å²) in [4.78, 5) is 28.6. The van der Waals surface area contributed by atoms with Gasteiger partial charge < -0.3 is 19.9 Å². The summed E-state index contributed by atoms with van der Waals surface area (Å²) in [6.07, 6.45) is 3.03. The molecule has 0 radical (unpaired) electrons. The molecule has 1 aromatic rings. The van der Waals surface area contributed by atoms with Gasteiger partial charge in [-0.1, -0.05) is 18.2 Å². The normalized spacial score (nSPS) is 24.3. The summed E-state index contributed by atoms with van der Waals surface area (Å²) in [5, 5.41) is 2.80. The summed E-state index contributed by atoms with van der Waals surface area (Å²) in [6.45, 7) is 4.18. The van der Waals surface area contributed by atoms with Gasteiger partial charge in [-0.25, -0.2) is 17.9 Å². The first-order chi connectivity index (χ1) is 14.8. The van der Waals surface area contributed by atoms with Crippen LogP contribution in [0.2, 0.25) is 0 Å². The van der Waals surface area contributed by atoms with E-state index in [4.69, 9.17) is 4.74 Å². The molecule has 31 heavy (non-hydrogen) atoms. The molecule has 2 aliphatic rings. The number of hydrogen-bond acceptors (Lipinski definition) is 5. The van der Waals surface area contributed by atoms with E-state index >= 15 is 0 Å². The molecule has 0 saturated carbocycles. The van der Waals surface area contributed by atoms with Crippen molar-refractivity contribution in [2.24, 2.45) is 0 Å². The van der Waals surface area contributed by atoms with E-state index in [1.807, 2.05) is 25.1 Å². The van der Waals surface area contributed by atoms with Crippen LogP contribution in [0.3, 0.4) is 0 Å². The van der Waals surface area contributed by atoms with Crippen molar-refractivity contribution in [2.45, 2.75) is 44.4 Å². The minimum atomic E-state index is -3.42. The fourth-order valence-corrected chi connectivity index (χ4v) is 5.05. The van der Waals surface area contributed by atoms with Crippen LogP contribution in [0.4, 0.5) is 4.79 Å². The molecule has 2 fully saturated rings. The molecule has 1 aromatic carbocycles. The zero-order valence-corrected chi connectivity index (χ0v) is 18.9. The smallest absolute Gasteiger partial charge is 0.317 e. The van der Waals surface area contributed by atoms with Crippen molar-refractivity contribution in [1.29, 1.82) is 0 Å². The monoisotopic (exact) mass is 452 g/mol. The maximum Gasteiger partial charge on any atom is 0.317 e. The van der Waals surface area contributed by atoms with Crippen molar-refractivity contribution in [3.8, 4) is 0 Å². The Balaban J connectivity index is 1.63. The van der Waals surface area contributed by atoms with Crippen molar-refractivity contribution in [1.82, 2.24) is 19.8 Å². The SMILES string of the molecule is CCNC(=O)N1CCC[C@H](NS(C)(=O)=O)[C@@H]1CO[C@H]1CCN(C(=O)c2ccccc2)C1. The Morgan fingerprint density at radius 3 is 2.58 bits per heavy atom. The largest absolute Gasteiger partial charge is 0.374 e. The summed E-state index contributed by atoms with van der Waals surface area (Å²) < 4.78 is 32.5. The van der Waals surface area contributed by atoms with Gasteiger partial charge in [0.2, 0.25) is 10.0 Å². The molecule has 0 bridgehead atoms. The molecule has 0 aliphatic carbocycles. The Hall–Kier alpha value is -2.17. The van der Waals surface area contributed by atoms with Crippen LogP contribution in [0.15, 0.2) is 30.3 Å². The molecule has 3 atom stereocenters. The number of nitrogens with zero attached hydrogens (tertiary/aromatic N) is 2. The average Bonchev–Trinajstić information content (AvgIpc) is 3.21. The van der Waals surface area contributed by atoms with Crippen LogP contribution in [0.25, 0.3) is 0 Å². The number of amides is 3. The highest BCUT2D eigenvalue weighted by Gasteiger charge is 2.37. The summed E-state index contributed by atoms with van der Waals surface area (Å²) in [5.74, 6) is -0.0232. The third-order valence-corrected chi connectivity index (χ3v) is 6.42. The van der Waals surface area contributed by atoms with Gasteiger partial charge in [0.25, 0.3) is 5.91 Å². The van der Waals surface area contributed by atoms with E-state index in [1.165, 1.54) is 0 Å². The molecule has 0 unspecified atom stereocenters. The number of sulfonamides is 1. The lowest BCUT2D eigenvalue weighted by Gasteiger charge is -2.41. The lowest BCUT2D eigenvalue weighted by atomic mass is 9.98. The number of urea groups is 1. The van der Waals surface area contributed by atoms with Crippen molar-refractivity contribution < 1.29 is 22.7 Å². The molecule has 2 aliphatic heterocycles. The maximum atomic E-state index is 12.7. The van der Waals surface area contributed by atoms with Crippen molar-refractivity contribution in [3.05, 3.63) is 35.9 Å². The molecule has 3 amide bonds. The Labute approximate surface area is 184 Å². The molecule has 10 heteroatoms. The number of benzene rings is 1. The summed E-state index contributed by atoms with van der Waals surface area (Å²) >= 11 is 0. The van der Waals surface area contributed by atoms with E-state index in [0.717, 1.165) is 6.26 Å². The van der Waals surface area contributed by atoms with E-state index < -0.39 is 22.1 Å². The lowest BCUT2D eigenvalue weighted by Crippen LogP contribution is -2.60. The van der Waals surface area contributed by atoms with Crippen LogP contribution >= 0.6 is 0 Å². The van der Waals surface area contributed by atoms with Crippen LogP contribution < -0.4 is 10.0 Å². The second-order valence-electron chi connectivity index (χ2n) is 8.10. The average molecular weight is 453 g/mol. The molecule has 0 aromatic heterocycles. The number of ether oxygens (including phenoxy) is 1. The third kappa shape index (κ3) is 6.41. The summed E-state index contributed by atoms with van der Waals surface area (Å²) in [5.41, 5.74) is 0.648. The molecule has 3 rings (SSSR count). The lowest BCUT2D eigenvalue weighted by molar-refractivity contribution is 0.00423. The Kier molecular flexibility index (Phi) is 7.90. The number of carbonyl (C=O) groups excluding carboxylic acids is 2. The summed E-state index contributed by atoms with van der Waals surface area (Å²) in [7, 11) is -3.42. The van der Waals surface area contributed by atoms with E-state index in [-0.39, 0.29) is 24.6 Å². The van der Waals surface area contributed by atoms with Gasteiger partial charge in [0.15, 0.2) is 0 Å². The minimum Gasteiger partial charge on any atom is -0.374 e. The highest BCUT2D eigenvalue weighted by Crippen LogP contribution is 2.22. The Bertz CT molecular complexity index is 864. The number of rotatable bonds is 7. The molecule has 0 spiro atoms. The zero-order chi connectivity index (χ0) is 22.4. The Morgan fingerprint density at radius 2 is 1.90 bits per heavy atom. The highest BCUT2D eigenvalue weighted by atomic mass is 32.2. The molecule has 2 heterocycles. The van der Waals surface area contributed by atoms with Gasteiger partial charge in [-0.15, -0.1) is 0 Å². The predicted octanol–water partition coefficient (Wildman–Crippen LogP) is 1.03. The van der Waals surface area contributed by atoms with Gasteiger partial charge in [0, 0.05) is 37.8 Å². The highest BCUT2D eigenvalue weighted by molar-refractivity contribution is 7.88. The number of likely N-dealkylation sites (tertiary alicyclic amines) is 2. The van der Waals surface area contributed by atoms with Crippen LogP contribution in [-0.2, 0) is 14.8 Å². The molecule has 172 valence electrons. The van der Waals surface area contributed by atoms with Gasteiger partial charge in [-0.05, 0) is 38.3 Å². The van der Waals surface area contributed by atoms with Gasteiger partial charge in [-0.2, -0.15) is 0 Å². The number of piperidine rings is 1.